The number of carbonyl (C=O) groups excluding carboxylic acids is 1. The highest BCUT2D eigenvalue weighted by molar-refractivity contribution is 5.94. The fourth-order valence-electron chi connectivity index (χ4n) is 2.26. The number of hydrogen-bond acceptors (Lipinski definition) is 3. The van der Waals surface area contributed by atoms with Gasteiger partial charge in [-0.05, 0) is 23.0 Å². The Morgan fingerprint density at radius 2 is 1.68 bits per heavy atom. The molecule has 0 fully saturated rings. The molecule has 0 aliphatic heterocycles. The van der Waals surface area contributed by atoms with Gasteiger partial charge in [-0.3, -0.25) is 4.79 Å². The van der Waals surface area contributed by atoms with Crippen molar-refractivity contribution in [3.63, 3.8) is 0 Å². The lowest BCUT2D eigenvalue weighted by molar-refractivity contribution is -0.115. The van der Waals surface area contributed by atoms with Gasteiger partial charge < -0.3 is 15.4 Å². The van der Waals surface area contributed by atoms with Crippen LogP contribution in [0, 0.1) is 0 Å². The van der Waals surface area contributed by atoms with E-state index in [1.165, 1.54) is 11.1 Å². The maximum absolute atomic E-state index is 12.1. The fourth-order valence-corrected chi connectivity index (χ4v) is 2.26. The van der Waals surface area contributed by atoms with Crippen LogP contribution in [-0.4, -0.2) is 32.7 Å². The van der Waals surface area contributed by atoms with Crippen LogP contribution in [0.15, 0.2) is 18.2 Å². The molecule has 0 saturated carbocycles. The van der Waals surface area contributed by atoms with Crippen molar-refractivity contribution in [2.24, 2.45) is 0 Å². The van der Waals surface area contributed by atoms with E-state index in [0.717, 1.165) is 5.69 Å². The molecule has 2 N–H and O–H groups in total. The third-order valence-electron chi connectivity index (χ3n) is 3.41. The number of halogens is 1. The topological polar surface area (TPSA) is 50.4 Å². The largest absolute Gasteiger partial charge is 0.383 e. The molecule has 1 amide bonds. The summed E-state index contributed by atoms with van der Waals surface area (Å²) in [6.45, 7) is 10.2. The van der Waals surface area contributed by atoms with Crippen LogP contribution in [0.3, 0.4) is 0 Å². The van der Waals surface area contributed by atoms with E-state index >= 15 is 0 Å². The minimum Gasteiger partial charge on any atom is -0.383 e. The Kier molecular flexibility index (Phi) is 10.1. The molecule has 1 aromatic rings. The van der Waals surface area contributed by atoms with Gasteiger partial charge in [0.2, 0.25) is 5.91 Å². The van der Waals surface area contributed by atoms with E-state index in [4.69, 9.17) is 4.74 Å². The van der Waals surface area contributed by atoms with Gasteiger partial charge in [-0.25, -0.2) is 0 Å². The number of nitrogens with one attached hydrogen (secondary N) is 2. The van der Waals surface area contributed by atoms with E-state index < -0.39 is 0 Å². The minimum absolute atomic E-state index is 0. The first kappa shape index (κ1) is 20.9. The number of amides is 1. The summed E-state index contributed by atoms with van der Waals surface area (Å²) in [5, 5.41) is 6.14. The van der Waals surface area contributed by atoms with Crippen molar-refractivity contribution in [1.29, 1.82) is 0 Å². The third-order valence-corrected chi connectivity index (χ3v) is 3.41. The van der Waals surface area contributed by atoms with E-state index in [9.17, 15) is 4.79 Å². The van der Waals surface area contributed by atoms with Crippen LogP contribution in [0.5, 0.6) is 0 Å². The highest BCUT2D eigenvalue weighted by Crippen LogP contribution is 2.32. The SMILES string of the molecule is COCCNCC(=O)Nc1c(C(C)C)cccc1C(C)C.Cl. The summed E-state index contributed by atoms with van der Waals surface area (Å²) in [7, 11) is 1.65. The predicted octanol–water partition coefficient (Wildman–Crippen LogP) is 3.53. The molecule has 0 heterocycles. The summed E-state index contributed by atoms with van der Waals surface area (Å²) < 4.78 is 4.95. The van der Waals surface area contributed by atoms with Gasteiger partial charge in [0, 0.05) is 19.3 Å². The Balaban J connectivity index is 0.00000441. The number of hydrogen-bond donors (Lipinski definition) is 2. The van der Waals surface area contributed by atoms with Gasteiger partial charge in [0.1, 0.15) is 0 Å². The number of benzene rings is 1. The maximum atomic E-state index is 12.1. The maximum Gasteiger partial charge on any atom is 0.238 e. The second-order valence-corrected chi connectivity index (χ2v) is 5.84. The van der Waals surface area contributed by atoms with E-state index in [1.807, 2.05) is 0 Å². The zero-order chi connectivity index (χ0) is 15.8. The van der Waals surface area contributed by atoms with Crippen LogP contribution in [0.1, 0.15) is 50.7 Å². The molecule has 0 unspecified atom stereocenters. The monoisotopic (exact) mass is 328 g/mol. The number of carbonyl (C=O) groups is 1. The highest BCUT2D eigenvalue weighted by Gasteiger charge is 2.15. The number of para-hydroxylation sites is 1. The van der Waals surface area contributed by atoms with Crippen molar-refractivity contribution in [2.75, 3.05) is 32.1 Å². The molecule has 1 rings (SSSR count). The number of anilines is 1. The standard InChI is InChI=1S/C17H28N2O2.ClH/c1-12(2)14-7-6-8-15(13(3)4)17(14)19-16(20)11-18-9-10-21-5;/h6-8,12-13,18H,9-11H2,1-5H3,(H,19,20);1H. The van der Waals surface area contributed by atoms with Crippen LogP contribution in [0.2, 0.25) is 0 Å². The summed E-state index contributed by atoms with van der Waals surface area (Å²) in [6, 6.07) is 6.24. The summed E-state index contributed by atoms with van der Waals surface area (Å²) in [4.78, 5) is 12.1. The second-order valence-electron chi connectivity index (χ2n) is 5.84. The molecule has 0 spiro atoms. The second kappa shape index (κ2) is 10.6. The molecule has 4 nitrogen and oxygen atoms in total. The van der Waals surface area contributed by atoms with Crippen LogP contribution in [0.25, 0.3) is 0 Å². The smallest absolute Gasteiger partial charge is 0.238 e. The van der Waals surface area contributed by atoms with Gasteiger partial charge in [-0.1, -0.05) is 45.9 Å². The molecular formula is C17H29ClN2O2. The molecule has 0 bridgehead atoms. The lowest BCUT2D eigenvalue weighted by Gasteiger charge is -2.20. The zero-order valence-electron chi connectivity index (χ0n) is 14.2. The van der Waals surface area contributed by atoms with E-state index in [1.54, 1.807) is 7.11 Å². The zero-order valence-corrected chi connectivity index (χ0v) is 15.0. The molecule has 5 heteroatoms. The lowest BCUT2D eigenvalue weighted by Crippen LogP contribution is -2.31. The van der Waals surface area contributed by atoms with Crippen molar-refractivity contribution < 1.29 is 9.53 Å². The van der Waals surface area contributed by atoms with Gasteiger partial charge in [0.05, 0.1) is 13.2 Å². The van der Waals surface area contributed by atoms with E-state index in [2.05, 4.69) is 56.5 Å². The van der Waals surface area contributed by atoms with Crippen LogP contribution in [0.4, 0.5) is 5.69 Å². The van der Waals surface area contributed by atoms with Crippen molar-refractivity contribution in [3.8, 4) is 0 Å². The molecule has 1 aromatic carbocycles. The lowest BCUT2D eigenvalue weighted by atomic mass is 9.92. The molecule has 126 valence electrons. The highest BCUT2D eigenvalue weighted by atomic mass is 35.5. The van der Waals surface area contributed by atoms with Gasteiger partial charge in [0.25, 0.3) is 0 Å². The van der Waals surface area contributed by atoms with Crippen molar-refractivity contribution in [3.05, 3.63) is 29.3 Å². The number of methoxy groups -OCH3 is 1. The molecule has 0 aromatic heterocycles. The van der Waals surface area contributed by atoms with Gasteiger partial charge in [0.15, 0.2) is 0 Å². The average molecular weight is 329 g/mol. The first-order chi connectivity index (χ1) is 9.97. The Morgan fingerprint density at radius 1 is 1.14 bits per heavy atom. The van der Waals surface area contributed by atoms with Crippen LogP contribution >= 0.6 is 12.4 Å². The Labute approximate surface area is 140 Å². The fraction of sp³-hybridized carbons (Fsp3) is 0.588. The number of rotatable bonds is 8. The molecule has 0 radical (unpaired) electrons. The molecular weight excluding hydrogens is 300 g/mol. The minimum atomic E-state index is -0.0129. The summed E-state index contributed by atoms with van der Waals surface area (Å²) in [5.74, 6) is 0.738. The van der Waals surface area contributed by atoms with Crippen LogP contribution < -0.4 is 10.6 Å². The molecule has 0 atom stereocenters. The predicted molar refractivity (Wildman–Crippen MR) is 95.2 cm³/mol. The summed E-state index contributed by atoms with van der Waals surface area (Å²) >= 11 is 0. The van der Waals surface area contributed by atoms with Crippen molar-refractivity contribution in [2.45, 2.75) is 39.5 Å². The average Bonchev–Trinajstić information content (AvgIpc) is 2.43. The van der Waals surface area contributed by atoms with E-state index in [0.29, 0.717) is 31.5 Å². The Morgan fingerprint density at radius 3 is 2.14 bits per heavy atom. The molecule has 0 aliphatic carbocycles. The molecule has 22 heavy (non-hydrogen) atoms. The summed E-state index contributed by atoms with van der Waals surface area (Å²) in [6.07, 6.45) is 0. The molecule has 0 aliphatic rings. The van der Waals surface area contributed by atoms with Crippen molar-refractivity contribution >= 4 is 24.0 Å². The quantitative estimate of drug-likeness (QED) is 0.718. The summed E-state index contributed by atoms with van der Waals surface area (Å²) in [5.41, 5.74) is 3.35. The normalized spacial score (nSPS) is 10.7. The van der Waals surface area contributed by atoms with Gasteiger partial charge in [-0.15, -0.1) is 12.4 Å². The first-order valence-electron chi connectivity index (χ1n) is 7.59. The van der Waals surface area contributed by atoms with Crippen molar-refractivity contribution in [1.82, 2.24) is 5.32 Å². The Bertz CT molecular complexity index is 436. The Hall–Kier alpha value is -1.10. The first-order valence-corrected chi connectivity index (χ1v) is 7.59. The van der Waals surface area contributed by atoms with Gasteiger partial charge in [-0.2, -0.15) is 0 Å². The molecule has 0 saturated heterocycles. The van der Waals surface area contributed by atoms with Crippen LogP contribution in [-0.2, 0) is 9.53 Å². The third kappa shape index (κ3) is 6.34. The van der Waals surface area contributed by atoms with E-state index in [-0.39, 0.29) is 18.3 Å². The number of ether oxygens (including phenoxy) is 1. The van der Waals surface area contributed by atoms with Gasteiger partial charge >= 0.3 is 0 Å².